The zero-order valence-corrected chi connectivity index (χ0v) is 18.0. The van der Waals surface area contributed by atoms with Crippen LogP contribution in [0.2, 0.25) is 5.02 Å². The Kier molecular flexibility index (Phi) is 5.81. The molecule has 2 aromatic rings. The average molecular weight is 467 g/mol. The van der Waals surface area contributed by atoms with E-state index in [0.717, 1.165) is 31.4 Å². The summed E-state index contributed by atoms with van der Waals surface area (Å²) in [5.41, 5.74) is -1.67. The van der Waals surface area contributed by atoms with E-state index in [9.17, 15) is 28.3 Å². The average Bonchev–Trinajstić information content (AvgIpc) is 2.79. The molecule has 4 rings (SSSR count). The van der Waals surface area contributed by atoms with Crippen LogP contribution in [0.15, 0.2) is 23.1 Å². The Balaban J connectivity index is 1.69. The third kappa shape index (κ3) is 3.48. The van der Waals surface area contributed by atoms with E-state index in [2.05, 4.69) is 5.32 Å². The molecule has 2 aliphatic rings. The summed E-state index contributed by atoms with van der Waals surface area (Å²) in [6, 6.07) is 2.10. The van der Waals surface area contributed by atoms with Crippen LogP contribution in [-0.4, -0.2) is 45.8 Å². The highest BCUT2D eigenvalue weighted by Crippen LogP contribution is 2.29. The molecule has 1 atom stereocenters. The summed E-state index contributed by atoms with van der Waals surface area (Å²) in [7, 11) is 0. The van der Waals surface area contributed by atoms with Crippen molar-refractivity contribution < 1.29 is 23.5 Å². The molecule has 11 heteroatoms. The van der Waals surface area contributed by atoms with Gasteiger partial charge >= 0.3 is 0 Å². The van der Waals surface area contributed by atoms with Crippen LogP contribution in [0.1, 0.15) is 52.6 Å². The molecule has 32 heavy (non-hydrogen) atoms. The molecule has 0 unspecified atom stereocenters. The quantitative estimate of drug-likeness (QED) is 0.674. The highest BCUT2D eigenvalue weighted by Gasteiger charge is 2.40. The van der Waals surface area contributed by atoms with Crippen molar-refractivity contribution in [3.05, 3.63) is 62.0 Å². The van der Waals surface area contributed by atoms with Gasteiger partial charge in [0.1, 0.15) is 28.4 Å². The fourth-order valence-electron chi connectivity index (χ4n) is 4.22. The first-order valence-corrected chi connectivity index (χ1v) is 10.6. The van der Waals surface area contributed by atoms with Crippen molar-refractivity contribution in [2.75, 3.05) is 18.1 Å². The number of halogens is 3. The number of aromatic nitrogens is 1. The van der Waals surface area contributed by atoms with E-state index in [1.807, 2.05) is 11.9 Å². The van der Waals surface area contributed by atoms with E-state index < -0.39 is 45.2 Å². The second-order valence-corrected chi connectivity index (χ2v) is 8.04. The summed E-state index contributed by atoms with van der Waals surface area (Å²) in [6.07, 6.45) is 3.47. The Bertz CT molecular complexity index is 1170. The van der Waals surface area contributed by atoms with Gasteiger partial charge in [0.05, 0.1) is 0 Å². The topological polar surface area (TPSA) is 94.9 Å². The number of amides is 2. The van der Waals surface area contributed by atoms with E-state index in [-0.39, 0.29) is 24.0 Å². The van der Waals surface area contributed by atoms with E-state index in [4.69, 9.17) is 11.6 Å². The molecule has 1 fully saturated rings. The maximum atomic E-state index is 14.1. The van der Waals surface area contributed by atoms with Crippen molar-refractivity contribution in [3.8, 4) is 5.75 Å². The van der Waals surface area contributed by atoms with Crippen LogP contribution in [0.25, 0.3) is 0 Å². The minimum Gasteiger partial charge on any atom is -0.502 e. The summed E-state index contributed by atoms with van der Waals surface area (Å²) < 4.78 is 28.8. The molecule has 0 radical (unpaired) electrons. The highest BCUT2D eigenvalue weighted by atomic mass is 35.5. The predicted molar refractivity (Wildman–Crippen MR) is 112 cm³/mol. The standard InChI is InChI=1S/C21H21ClF2N4O4/c1-2-26-14-5-3-4-8-27(14)28-10-12(18(29)19(30)17(28)21(26)32)20(31)25-9-11-6-7-13(23)15(22)16(11)24/h6-7,10,14,30H,2-5,8-9H2,1H3,(H,25,31)/t14-/m0/s1. The van der Waals surface area contributed by atoms with Gasteiger partial charge < -0.3 is 15.3 Å². The maximum absolute atomic E-state index is 14.1. The molecule has 1 aromatic heterocycles. The lowest BCUT2D eigenvalue weighted by atomic mass is 10.1. The van der Waals surface area contributed by atoms with Crippen LogP contribution >= 0.6 is 11.6 Å². The molecule has 0 aliphatic carbocycles. The van der Waals surface area contributed by atoms with E-state index >= 15 is 0 Å². The Labute approximate surface area is 187 Å². The van der Waals surface area contributed by atoms with Crippen molar-refractivity contribution in [2.45, 2.75) is 38.9 Å². The Morgan fingerprint density at radius 3 is 2.75 bits per heavy atom. The van der Waals surface area contributed by atoms with Gasteiger partial charge in [-0.15, -0.1) is 0 Å². The molecule has 170 valence electrons. The third-order valence-electron chi connectivity index (χ3n) is 5.85. The van der Waals surface area contributed by atoms with Gasteiger partial charge in [-0.05, 0) is 32.3 Å². The van der Waals surface area contributed by atoms with E-state index in [0.29, 0.717) is 13.1 Å². The van der Waals surface area contributed by atoms with E-state index in [1.165, 1.54) is 10.9 Å². The minimum atomic E-state index is -1.02. The number of pyridine rings is 1. The second-order valence-electron chi connectivity index (χ2n) is 7.66. The number of benzene rings is 1. The Hall–Kier alpha value is -3.14. The monoisotopic (exact) mass is 466 g/mol. The molecule has 1 aromatic carbocycles. The lowest BCUT2D eigenvalue weighted by Crippen LogP contribution is -2.63. The molecule has 2 N–H and O–H groups in total. The van der Waals surface area contributed by atoms with Crippen LogP contribution < -0.4 is 15.8 Å². The van der Waals surface area contributed by atoms with Crippen LogP contribution in [0.4, 0.5) is 8.78 Å². The molecular formula is C21H21ClF2N4O4. The van der Waals surface area contributed by atoms with Crippen molar-refractivity contribution in [1.29, 1.82) is 0 Å². The van der Waals surface area contributed by atoms with Gasteiger partial charge in [0.15, 0.2) is 11.4 Å². The number of carbonyl (C=O) groups excluding carboxylic acids is 2. The van der Waals surface area contributed by atoms with Crippen molar-refractivity contribution >= 4 is 23.4 Å². The summed E-state index contributed by atoms with van der Waals surface area (Å²) in [4.78, 5) is 40.0. The smallest absolute Gasteiger partial charge is 0.278 e. The number of carbonyl (C=O) groups is 2. The van der Waals surface area contributed by atoms with Crippen LogP contribution in [0, 0.1) is 11.6 Å². The van der Waals surface area contributed by atoms with Gasteiger partial charge in [-0.25, -0.2) is 8.78 Å². The lowest BCUT2D eigenvalue weighted by molar-refractivity contribution is 0.0534. The fraction of sp³-hybridized carbons (Fsp3) is 0.381. The molecule has 8 nitrogen and oxygen atoms in total. The number of hydrogen-bond acceptors (Lipinski definition) is 5. The van der Waals surface area contributed by atoms with E-state index in [1.54, 1.807) is 4.90 Å². The summed E-state index contributed by atoms with van der Waals surface area (Å²) in [5, 5.41) is 14.1. The van der Waals surface area contributed by atoms with Gasteiger partial charge in [0, 0.05) is 31.4 Å². The number of nitrogens with zero attached hydrogens (tertiary/aromatic N) is 3. The molecule has 1 saturated heterocycles. The first-order valence-electron chi connectivity index (χ1n) is 10.2. The number of piperidine rings is 1. The predicted octanol–water partition coefficient (Wildman–Crippen LogP) is 2.34. The molecular weight excluding hydrogens is 446 g/mol. The maximum Gasteiger partial charge on any atom is 0.278 e. The van der Waals surface area contributed by atoms with Gasteiger partial charge in [0.2, 0.25) is 5.43 Å². The number of aromatic hydroxyl groups is 1. The van der Waals surface area contributed by atoms with Gasteiger partial charge in [-0.2, -0.15) is 0 Å². The first kappa shape index (κ1) is 22.1. The van der Waals surface area contributed by atoms with Crippen LogP contribution in [0.3, 0.4) is 0 Å². The second kappa shape index (κ2) is 8.42. The van der Waals surface area contributed by atoms with Crippen molar-refractivity contribution in [1.82, 2.24) is 14.9 Å². The normalized spacial score (nSPS) is 17.8. The number of hydrogen-bond donors (Lipinski definition) is 2. The van der Waals surface area contributed by atoms with Crippen molar-refractivity contribution in [3.63, 3.8) is 0 Å². The minimum absolute atomic E-state index is 0.0723. The SMILES string of the molecule is CCN1C(=O)c2c(O)c(=O)c(C(=O)NCc3ccc(F)c(Cl)c3F)cn2N2CCCC[C@@H]12. The first-order chi connectivity index (χ1) is 15.3. The van der Waals surface area contributed by atoms with Gasteiger partial charge in [-0.3, -0.25) is 24.1 Å². The molecule has 3 heterocycles. The number of nitrogens with one attached hydrogen (secondary N) is 1. The fourth-order valence-corrected chi connectivity index (χ4v) is 4.40. The highest BCUT2D eigenvalue weighted by molar-refractivity contribution is 6.30. The molecule has 0 bridgehead atoms. The molecule has 0 spiro atoms. The number of fused-ring (bicyclic) bond motifs is 3. The zero-order chi connectivity index (χ0) is 23.2. The largest absolute Gasteiger partial charge is 0.502 e. The Morgan fingerprint density at radius 1 is 1.28 bits per heavy atom. The molecule has 0 saturated carbocycles. The lowest BCUT2D eigenvalue weighted by Gasteiger charge is -2.48. The summed E-state index contributed by atoms with van der Waals surface area (Å²) in [6.45, 7) is 2.44. The van der Waals surface area contributed by atoms with Crippen molar-refractivity contribution in [2.24, 2.45) is 0 Å². The van der Waals surface area contributed by atoms with Crippen LogP contribution in [0.5, 0.6) is 5.75 Å². The molecule has 2 amide bonds. The van der Waals surface area contributed by atoms with Crippen LogP contribution in [-0.2, 0) is 6.54 Å². The summed E-state index contributed by atoms with van der Waals surface area (Å²) in [5.74, 6) is -4.13. The summed E-state index contributed by atoms with van der Waals surface area (Å²) >= 11 is 5.55. The Morgan fingerprint density at radius 2 is 2.03 bits per heavy atom. The van der Waals surface area contributed by atoms with Gasteiger partial charge in [-0.1, -0.05) is 17.7 Å². The number of rotatable bonds is 4. The zero-order valence-electron chi connectivity index (χ0n) is 17.2. The third-order valence-corrected chi connectivity index (χ3v) is 6.19. The molecule has 2 aliphatic heterocycles. The van der Waals surface area contributed by atoms with Gasteiger partial charge in [0.25, 0.3) is 11.8 Å².